The highest BCUT2D eigenvalue weighted by Gasteiger charge is 2.25. The van der Waals surface area contributed by atoms with E-state index in [-0.39, 0.29) is 28.8 Å². The van der Waals surface area contributed by atoms with Crippen LogP contribution in [-0.2, 0) is 6.54 Å². The monoisotopic (exact) mass is 389 g/mol. The molecule has 0 saturated heterocycles. The maximum absolute atomic E-state index is 13.2. The number of carbonyl (C=O) groups is 1. The van der Waals surface area contributed by atoms with E-state index in [2.05, 4.69) is 4.98 Å². The summed E-state index contributed by atoms with van der Waals surface area (Å²) in [7, 11) is 0. The molecule has 3 aromatic rings. The molecule has 0 unspecified atom stereocenters. The molecule has 0 atom stereocenters. The number of nitrogens with zero attached hydrogens (tertiary/aromatic N) is 3. The summed E-state index contributed by atoms with van der Waals surface area (Å²) in [6.07, 6.45) is 3.13. The number of hydrogen-bond acceptors (Lipinski definition) is 6. The van der Waals surface area contributed by atoms with Gasteiger partial charge in [-0.15, -0.1) is 0 Å². The van der Waals surface area contributed by atoms with E-state index < -0.39 is 17.2 Å². The summed E-state index contributed by atoms with van der Waals surface area (Å²) in [5, 5.41) is 20.3. The fourth-order valence-corrected chi connectivity index (χ4v) is 3.08. The topological polar surface area (TPSA) is 105 Å². The highest BCUT2D eigenvalue weighted by molar-refractivity contribution is 6.11. The summed E-state index contributed by atoms with van der Waals surface area (Å²) in [6.45, 7) is 3.73. The number of ketones is 1. The van der Waals surface area contributed by atoms with Crippen LogP contribution < -0.4 is 10.3 Å². The van der Waals surface area contributed by atoms with Crippen molar-refractivity contribution in [3.63, 3.8) is 0 Å². The van der Waals surface area contributed by atoms with E-state index in [0.717, 1.165) is 4.57 Å². The smallest absolute Gasteiger partial charge is 0.271 e. The second-order valence-corrected chi connectivity index (χ2v) is 6.35. The third kappa shape index (κ3) is 3.87. The summed E-state index contributed by atoms with van der Waals surface area (Å²) in [6, 6.07) is 11.8. The predicted molar refractivity (Wildman–Crippen MR) is 106 cm³/mol. The Hall–Kier alpha value is -3.92. The van der Waals surface area contributed by atoms with Crippen LogP contribution in [0.5, 0.6) is 11.6 Å². The van der Waals surface area contributed by atoms with Crippen molar-refractivity contribution in [2.45, 2.75) is 20.4 Å². The Labute approximate surface area is 167 Å². The van der Waals surface area contributed by atoms with Gasteiger partial charge in [-0.3, -0.25) is 19.1 Å². The fourth-order valence-electron chi connectivity index (χ4n) is 3.08. The van der Waals surface area contributed by atoms with Crippen molar-refractivity contribution < 1.29 is 14.6 Å². The first kappa shape index (κ1) is 19.8. The van der Waals surface area contributed by atoms with Gasteiger partial charge in [0.05, 0.1) is 18.7 Å². The molecule has 7 heteroatoms. The van der Waals surface area contributed by atoms with Crippen molar-refractivity contribution in [2.75, 3.05) is 6.61 Å². The van der Waals surface area contributed by atoms with E-state index in [9.17, 15) is 20.0 Å². The number of aromatic hydroxyl groups is 1. The van der Waals surface area contributed by atoms with E-state index in [1.807, 2.05) is 13.0 Å². The molecule has 0 amide bonds. The summed E-state index contributed by atoms with van der Waals surface area (Å²) < 4.78 is 6.45. The molecule has 0 radical (unpaired) electrons. The van der Waals surface area contributed by atoms with Crippen LogP contribution in [0.4, 0.5) is 0 Å². The molecule has 0 aliphatic carbocycles. The third-order valence-corrected chi connectivity index (χ3v) is 4.50. The highest BCUT2D eigenvalue weighted by Crippen LogP contribution is 2.26. The van der Waals surface area contributed by atoms with Crippen LogP contribution in [0.25, 0.3) is 0 Å². The average molecular weight is 389 g/mol. The SMILES string of the molecule is CCOc1cccc(C(=O)c2c(C)c(C#N)c(=O)n(Cc3cccnc3)c2O)c1. The second-order valence-electron chi connectivity index (χ2n) is 6.35. The van der Waals surface area contributed by atoms with Gasteiger partial charge in [-0.05, 0) is 43.2 Å². The van der Waals surface area contributed by atoms with Crippen molar-refractivity contribution in [2.24, 2.45) is 0 Å². The number of rotatable bonds is 6. The molecule has 0 bridgehead atoms. The number of pyridine rings is 2. The van der Waals surface area contributed by atoms with Crippen molar-refractivity contribution in [3.8, 4) is 17.7 Å². The number of benzene rings is 1. The van der Waals surface area contributed by atoms with Gasteiger partial charge in [0.1, 0.15) is 17.4 Å². The second kappa shape index (κ2) is 8.40. The van der Waals surface area contributed by atoms with Gasteiger partial charge in [-0.2, -0.15) is 5.26 Å². The lowest BCUT2D eigenvalue weighted by Gasteiger charge is -2.16. The third-order valence-electron chi connectivity index (χ3n) is 4.50. The van der Waals surface area contributed by atoms with Gasteiger partial charge in [-0.1, -0.05) is 18.2 Å². The molecule has 29 heavy (non-hydrogen) atoms. The Bertz CT molecular complexity index is 1160. The Kier molecular flexibility index (Phi) is 5.74. The van der Waals surface area contributed by atoms with Crippen molar-refractivity contribution in [1.82, 2.24) is 9.55 Å². The van der Waals surface area contributed by atoms with Crippen LogP contribution in [0.2, 0.25) is 0 Å². The summed E-state index contributed by atoms with van der Waals surface area (Å²) in [4.78, 5) is 29.9. The first-order chi connectivity index (χ1) is 14.0. The van der Waals surface area contributed by atoms with Crippen LogP contribution in [0.3, 0.4) is 0 Å². The number of ether oxygens (including phenoxy) is 1. The molecule has 146 valence electrons. The average Bonchev–Trinajstić information content (AvgIpc) is 2.73. The van der Waals surface area contributed by atoms with Crippen molar-refractivity contribution in [3.05, 3.63) is 87.0 Å². The molecule has 3 rings (SSSR count). The zero-order valence-corrected chi connectivity index (χ0v) is 16.0. The number of nitriles is 1. The van der Waals surface area contributed by atoms with E-state index in [1.54, 1.807) is 48.8 Å². The molecule has 2 aromatic heterocycles. The van der Waals surface area contributed by atoms with E-state index in [1.165, 1.54) is 6.92 Å². The van der Waals surface area contributed by atoms with Crippen LogP contribution in [0.15, 0.2) is 53.6 Å². The van der Waals surface area contributed by atoms with Crippen LogP contribution >= 0.6 is 0 Å². The fraction of sp³-hybridized carbons (Fsp3) is 0.182. The van der Waals surface area contributed by atoms with Gasteiger partial charge in [0.15, 0.2) is 5.78 Å². The molecule has 0 aliphatic heterocycles. The van der Waals surface area contributed by atoms with Crippen LogP contribution in [0.1, 0.15) is 39.5 Å². The zero-order valence-electron chi connectivity index (χ0n) is 16.0. The lowest BCUT2D eigenvalue weighted by Crippen LogP contribution is -2.27. The molecule has 0 aliphatic rings. The van der Waals surface area contributed by atoms with Crippen molar-refractivity contribution >= 4 is 5.78 Å². The van der Waals surface area contributed by atoms with Gasteiger partial charge >= 0.3 is 0 Å². The van der Waals surface area contributed by atoms with Gasteiger partial charge < -0.3 is 9.84 Å². The maximum Gasteiger partial charge on any atom is 0.271 e. The van der Waals surface area contributed by atoms with Crippen LogP contribution in [0, 0.1) is 18.3 Å². The predicted octanol–water partition coefficient (Wildman–Crippen LogP) is 2.81. The molecule has 0 saturated carbocycles. The Morgan fingerprint density at radius 2 is 2.10 bits per heavy atom. The normalized spacial score (nSPS) is 10.4. The molecule has 1 N–H and O–H groups in total. The van der Waals surface area contributed by atoms with Gasteiger partial charge in [0.25, 0.3) is 5.56 Å². The molecule has 2 heterocycles. The quantitative estimate of drug-likeness (QED) is 0.650. The zero-order chi connectivity index (χ0) is 21.0. The highest BCUT2D eigenvalue weighted by atomic mass is 16.5. The molecule has 7 nitrogen and oxygen atoms in total. The number of aromatic nitrogens is 2. The van der Waals surface area contributed by atoms with Gasteiger partial charge in [0.2, 0.25) is 5.88 Å². The van der Waals surface area contributed by atoms with Crippen LogP contribution in [-0.4, -0.2) is 27.0 Å². The van der Waals surface area contributed by atoms with E-state index in [4.69, 9.17) is 4.74 Å². The van der Waals surface area contributed by atoms with Gasteiger partial charge in [0, 0.05) is 18.0 Å². The maximum atomic E-state index is 13.2. The minimum atomic E-state index is -0.661. The van der Waals surface area contributed by atoms with E-state index in [0.29, 0.717) is 17.9 Å². The first-order valence-corrected chi connectivity index (χ1v) is 9.00. The Morgan fingerprint density at radius 1 is 1.31 bits per heavy atom. The summed E-state index contributed by atoms with van der Waals surface area (Å²) in [5.41, 5.74) is 0.143. The summed E-state index contributed by atoms with van der Waals surface area (Å²) in [5.74, 6) is -0.472. The van der Waals surface area contributed by atoms with E-state index >= 15 is 0 Å². The number of hydrogen-bond donors (Lipinski definition) is 1. The summed E-state index contributed by atoms with van der Waals surface area (Å²) >= 11 is 0. The van der Waals surface area contributed by atoms with Gasteiger partial charge in [-0.25, -0.2) is 0 Å². The molecule has 0 spiro atoms. The first-order valence-electron chi connectivity index (χ1n) is 9.00. The van der Waals surface area contributed by atoms with Crippen molar-refractivity contribution in [1.29, 1.82) is 5.26 Å². The Morgan fingerprint density at radius 3 is 2.76 bits per heavy atom. The lowest BCUT2D eigenvalue weighted by atomic mass is 9.97. The largest absolute Gasteiger partial charge is 0.494 e. The standard InChI is InChI=1S/C22H19N3O4/c1-3-29-17-8-4-7-16(10-17)20(26)19-14(2)18(11-23)21(27)25(22(19)28)13-15-6-5-9-24-12-15/h4-10,12,28H,3,13H2,1-2H3. The molecular weight excluding hydrogens is 370 g/mol. The molecule has 0 fully saturated rings. The minimum absolute atomic E-state index is 0.0211. The number of carbonyl (C=O) groups excluding carboxylic acids is 1. The minimum Gasteiger partial charge on any atom is -0.494 e. The Balaban J connectivity index is 2.17. The molecular formula is C22H19N3O4. The molecule has 1 aromatic carbocycles. The lowest BCUT2D eigenvalue weighted by molar-refractivity contribution is 0.103.